The predicted molar refractivity (Wildman–Crippen MR) is 95.7 cm³/mol. The Kier molecular flexibility index (Phi) is 4.35. The fourth-order valence-electron chi connectivity index (χ4n) is 3.56. The molecule has 3 heteroatoms. The second-order valence-electron chi connectivity index (χ2n) is 6.95. The van der Waals surface area contributed by atoms with Crippen LogP contribution in [0, 0.1) is 29.6 Å². The molecule has 1 aromatic rings. The van der Waals surface area contributed by atoms with Crippen molar-refractivity contribution >= 4 is 17.3 Å². The first-order chi connectivity index (χ1) is 10.7. The molecule has 0 bridgehead atoms. The van der Waals surface area contributed by atoms with Crippen LogP contribution in [0.3, 0.4) is 0 Å². The number of nitriles is 2. The summed E-state index contributed by atoms with van der Waals surface area (Å²) < 4.78 is 0. The Bertz CT molecular complexity index is 764. The SMILES string of the molecule is CC1=CC(C)(C)N(C(C)C)c2cc(C)c(C=C(C#N)C#N)cc21. The molecule has 0 aromatic heterocycles. The summed E-state index contributed by atoms with van der Waals surface area (Å²) in [6.07, 6.45) is 3.95. The lowest BCUT2D eigenvalue weighted by atomic mass is 9.85. The van der Waals surface area contributed by atoms with E-state index in [0.29, 0.717) is 6.04 Å². The van der Waals surface area contributed by atoms with Gasteiger partial charge in [0.25, 0.3) is 0 Å². The Morgan fingerprint density at radius 3 is 2.30 bits per heavy atom. The summed E-state index contributed by atoms with van der Waals surface area (Å²) in [4.78, 5) is 2.42. The van der Waals surface area contributed by atoms with Gasteiger partial charge in [0.1, 0.15) is 17.7 Å². The first-order valence-corrected chi connectivity index (χ1v) is 7.87. The predicted octanol–water partition coefficient (Wildman–Crippen LogP) is 4.84. The van der Waals surface area contributed by atoms with E-state index in [0.717, 1.165) is 11.1 Å². The smallest absolute Gasteiger partial charge is 0.130 e. The van der Waals surface area contributed by atoms with E-state index in [4.69, 9.17) is 10.5 Å². The van der Waals surface area contributed by atoms with Crippen LogP contribution in [-0.4, -0.2) is 11.6 Å². The number of hydrogen-bond donors (Lipinski definition) is 0. The topological polar surface area (TPSA) is 50.8 Å². The largest absolute Gasteiger partial charge is 0.360 e. The number of benzene rings is 1. The van der Waals surface area contributed by atoms with E-state index >= 15 is 0 Å². The average molecular weight is 305 g/mol. The number of anilines is 1. The van der Waals surface area contributed by atoms with Gasteiger partial charge in [0.2, 0.25) is 0 Å². The van der Waals surface area contributed by atoms with Crippen molar-refractivity contribution < 1.29 is 0 Å². The summed E-state index contributed by atoms with van der Waals surface area (Å²) in [6.45, 7) is 13.0. The highest BCUT2D eigenvalue weighted by atomic mass is 15.2. The molecule has 1 aliphatic rings. The van der Waals surface area contributed by atoms with Crippen LogP contribution in [0.2, 0.25) is 0 Å². The van der Waals surface area contributed by atoms with E-state index < -0.39 is 0 Å². The van der Waals surface area contributed by atoms with Gasteiger partial charge in [-0.3, -0.25) is 0 Å². The molecule has 0 N–H and O–H groups in total. The maximum absolute atomic E-state index is 8.99. The summed E-state index contributed by atoms with van der Waals surface area (Å²) in [6, 6.07) is 8.51. The Balaban J connectivity index is 2.70. The van der Waals surface area contributed by atoms with Crippen molar-refractivity contribution in [3.63, 3.8) is 0 Å². The zero-order valence-electron chi connectivity index (χ0n) is 14.7. The molecule has 0 unspecified atom stereocenters. The average Bonchev–Trinajstić information content (AvgIpc) is 2.44. The maximum atomic E-state index is 8.99. The first-order valence-electron chi connectivity index (χ1n) is 7.87. The van der Waals surface area contributed by atoms with E-state index in [9.17, 15) is 0 Å². The van der Waals surface area contributed by atoms with Gasteiger partial charge < -0.3 is 4.90 Å². The van der Waals surface area contributed by atoms with Gasteiger partial charge in [-0.25, -0.2) is 0 Å². The zero-order valence-corrected chi connectivity index (χ0v) is 14.7. The summed E-state index contributed by atoms with van der Waals surface area (Å²) >= 11 is 0. The lowest BCUT2D eigenvalue weighted by Gasteiger charge is -2.46. The van der Waals surface area contributed by atoms with Gasteiger partial charge in [0, 0.05) is 17.3 Å². The molecular weight excluding hydrogens is 282 g/mol. The fourth-order valence-corrected chi connectivity index (χ4v) is 3.56. The first kappa shape index (κ1) is 16.8. The molecular formula is C20H23N3. The van der Waals surface area contributed by atoms with Crippen molar-refractivity contribution in [3.8, 4) is 12.1 Å². The monoisotopic (exact) mass is 305 g/mol. The van der Waals surface area contributed by atoms with Gasteiger partial charge in [0.05, 0.1) is 5.54 Å². The highest BCUT2D eigenvalue weighted by Crippen LogP contribution is 2.41. The van der Waals surface area contributed by atoms with Gasteiger partial charge in [0.15, 0.2) is 0 Å². The minimum Gasteiger partial charge on any atom is -0.360 e. The number of fused-ring (bicyclic) bond motifs is 1. The summed E-state index contributed by atoms with van der Waals surface area (Å²) in [5.41, 5.74) is 5.71. The molecule has 0 aliphatic carbocycles. The maximum Gasteiger partial charge on any atom is 0.130 e. The standard InChI is InChI=1S/C20H23N3/c1-13(2)23-19-7-14(3)17(8-16(11-21)12-22)9-18(19)15(4)10-20(23,5)6/h7-10,13H,1-6H3. The molecule has 0 fully saturated rings. The molecule has 0 saturated heterocycles. The highest BCUT2D eigenvalue weighted by Gasteiger charge is 2.33. The number of nitrogens with zero attached hydrogens (tertiary/aromatic N) is 3. The van der Waals surface area contributed by atoms with Crippen molar-refractivity contribution in [3.05, 3.63) is 40.5 Å². The molecule has 1 aromatic carbocycles. The molecule has 0 saturated carbocycles. The quantitative estimate of drug-likeness (QED) is 0.735. The molecule has 0 atom stereocenters. The van der Waals surface area contributed by atoms with Crippen LogP contribution in [0.15, 0.2) is 23.8 Å². The third kappa shape index (κ3) is 3.01. The molecule has 0 amide bonds. The van der Waals surface area contributed by atoms with E-state index in [1.165, 1.54) is 16.8 Å². The summed E-state index contributed by atoms with van der Waals surface area (Å²) in [7, 11) is 0. The van der Waals surface area contributed by atoms with Crippen molar-refractivity contribution in [2.45, 2.75) is 53.1 Å². The van der Waals surface area contributed by atoms with Gasteiger partial charge in [-0.05, 0) is 76.5 Å². The third-order valence-corrected chi connectivity index (χ3v) is 4.32. The van der Waals surface area contributed by atoms with E-state index in [2.05, 4.69) is 57.7 Å². The lowest BCUT2D eigenvalue weighted by molar-refractivity contribution is 0.507. The van der Waals surface area contributed by atoms with Crippen molar-refractivity contribution in [1.82, 2.24) is 0 Å². The van der Waals surface area contributed by atoms with Crippen LogP contribution in [0.4, 0.5) is 5.69 Å². The Labute approximate surface area is 139 Å². The van der Waals surface area contributed by atoms with Crippen molar-refractivity contribution in [2.24, 2.45) is 0 Å². The van der Waals surface area contributed by atoms with Gasteiger partial charge in [-0.15, -0.1) is 0 Å². The summed E-state index contributed by atoms with van der Waals surface area (Å²) in [5.74, 6) is 0. The fraction of sp³-hybridized carbons (Fsp3) is 0.400. The number of allylic oxidation sites excluding steroid dienone is 2. The van der Waals surface area contributed by atoms with E-state index in [-0.39, 0.29) is 11.1 Å². The van der Waals surface area contributed by atoms with Crippen molar-refractivity contribution in [1.29, 1.82) is 10.5 Å². The highest BCUT2D eigenvalue weighted by molar-refractivity contribution is 5.84. The summed E-state index contributed by atoms with van der Waals surface area (Å²) in [5, 5.41) is 18.0. The molecule has 1 heterocycles. The Hall–Kier alpha value is -2.52. The molecule has 0 radical (unpaired) electrons. The minimum atomic E-state index is -0.0421. The van der Waals surface area contributed by atoms with Crippen LogP contribution in [0.1, 0.15) is 51.3 Å². The number of aryl methyl sites for hydroxylation is 1. The molecule has 118 valence electrons. The normalized spacial score (nSPS) is 15.3. The van der Waals surface area contributed by atoms with Crippen LogP contribution in [0.5, 0.6) is 0 Å². The molecule has 1 aliphatic heterocycles. The van der Waals surface area contributed by atoms with Crippen molar-refractivity contribution in [2.75, 3.05) is 4.90 Å². The zero-order chi connectivity index (χ0) is 17.4. The second-order valence-corrected chi connectivity index (χ2v) is 6.95. The molecule has 3 nitrogen and oxygen atoms in total. The number of hydrogen-bond acceptors (Lipinski definition) is 3. The number of rotatable bonds is 2. The molecule has 23 heavy (non-hydrogen) atoms. The Morgan fingerprint density at radius 1 is 1.17 bits per heavy atom. The third-order valence-electron chi connectivity index (χ3n) is 4.32. The van der Waals surface area contributed by atoms with E-state index in [1.54, 1.807) is 6.08 Å². The van der Waals surface area contributed by atoms with Crippen LogP contribution in [-0.2, 0) is 0 Å². The van der Waals surface area contributed by atoms with Crippen LogP contribution >= 0.6 is 0 Å². The second kappa shape index (κ2) is 5.94. The van der Waals surface area contributed by atoms with Gasteiger partial charge >= 0.3 is 0 Å². The van der Waals surface area contributed by atoms with Crippen LogP contribution < -0.4 is 4.90 Å². The molecule has 0 spiro atoms. The Morgan fingerprint density at radius 2 is 1.78 bits per heavy atom. The molecule has 2 rings (SSSR count). The van der Waals surface area contributed by atoms with Gasteiger partial charge in [-0.1, -0.05) is 6.08 Å². The van der Waals surface area contributed by atoms with E-state index in [1.807, 2.05) is 19.1 Å². The van der Waals surface area contributed by atoms with Gasteiger partial charge in [-0.2, -0.15) is 10.5 Å². The lowest BCUT2D eigenvalue weighted by Crippen LogP contribution is -2.49. The van der Waals surface area contributed by atoms with Crippen LogP contribution in [0.25, 0.3) is 11.6 Å². The minimum absolute atomic E-state index is 0.0421.